The zero-order chi connectivity index (χ0) is 18.6. The predicted octanol–water partition coefficient (Wildman–Crippen LogP) is 4.07. The van der Waals surface area contributed by atoms with Crippen LogP contribution in [-0.4, -0.2) is 11.1 Å². The number of carbonyl (C=O) groups excluding carboxylic acids is 1. The number of nitrogens with one attached hydrogen (secondary N) is 2. The molecule has 0 unspecified atom stereocenters. The van der Waals surface area contributed by atoms with E-state index < -0.39 is 6.03 Å². The van der Waals surface area contributed by atoms with Gasteiger partial charge < -0.3 is 0 Å². The van der Waals surface area contributed by atoms with Crippen LogP contribution in [0.5, 0.6) is 5.75 Å². The van der Waals surface area contributed by atoms with E-state index in [1.807, 2.05) is 66.7 Å². The van der Waals surface area contributed by atoms with E-state index in [-0.39, 0.29) is 0 Å². The minimum atomic E-state index is -0.553. The zero-order valence-electron chi connectivity index (χ0n) is 14.0. The van der Waals surface area contributed by atoms with Crippen molar-refractivity contribution in [3.63, 3.8) is 0 Å². The molecular weight excluding hydrogens is 517 g/mol. The van der Waals surface area contributed by atoms with Gasteiger partial charge in [-0.15, -0.1) is 5.11 Å². The number of hydrogen-bond donors (Lipinski definition) is 3. The van der Waals surface area contributed by atoms with Crippen molar-refractivity contribution in [1.29, 1.82) is 0 Å². The number of rotatable bonds is 3. The minimum absolute atomic E-state index is 0.454. The zero-order valence-corrected chi connectivity index (χ0v) is 19.5. The van der Waals surface area contributed by atoms with Crippen molar-refractivity contribution in [3.05, 3.63) is 84.9 Å². The average Bonchev–Trinajstić information content (AvgIpc) is 2.69. The Kier molecular flexibility index (Phi) is 8.28. The first-order valence-electron chi connectivity index (χ1n) is 7.83. The van der Waals surface area contributed by atoms with Gasteiger partial charge in [0.2, 0.25) is 0 Å². The van der Waals surface area contributed by atoms with Gasteiger partial charge in [0, 0.05) is 0 Å². The quantitative estimate of drug-likeness (QED) is 0.269. The van der Waals surface area contributed by atoms with Gasteiger partial charge in [0.05, 0.1) is 11.4 Å². The summed E-state index contributed by atoms with van der Waals surface area (Å²) >= 11 is 0.548. The second kappa shape index (κ2) is 11.0. The van der Waals surface area contributed by atoms with E-state index in [0.717, 1.165) is 8.76 Å². The first-order valence-corrected chi connectivity index (χ1v) is 10.6. The Morgan fingerprint density at radius 1 is 0.846 bits per heavy atom. The van der Waals surface area contributed by atoms with Gasteiger partial charge in [0.25, 0.3) is 0 Å². The third-order valence-electron chi connectivity index (χ3n) is 3.09. The van der Waals surface area contributed by atoms with Crippen molar-refractivity contribution in [2.75, 3.05) is 5.43 Å². The van der Waals surface area contributed by atoms with Crippen LogP contribution in [0.25, 0.3) is 0 Å². The number of azo groups is 1. The van der Waals surface area contributed by atoms with Crippen LogP contribution in [0.2, 0.25) is 0 Å². The molecule has 0 radical (unpaired) electrons. The Bertz CT molecular complexity index is 821. The molecule has 7 heteroatoms. The van der Waals surface area contributed by atoms with Crippen LogP contribution >= 0.6 is 0 Å². The van der Waals surface area contributed by atoms with Gasteiger partial charge in [-0.05, 0) is 24.3 Å². The van der Waals surface area contributed by atoms with Gasteiger partial charge in [-0.2, -0.15) is 0 Å². The standard InChI is InChI=1S/C13H12N4O.C6H5O.Hg/c18-13(16-14-11-7-3-1-4-8-11)17-15-12-9-5-2-6-10-12;7-6-4-2-1-3-5-6;/h1-10,14H,(H,16,18);1-4,7H;. The maximum absolute atomic E-state index is 11.4. The number of amides is 2. The number of carbonyl (C=O) groups is 1. The van der Waals surface area contributed by atoms with E-state index >= 15 is 0 Å². The van der Waals surface area contributed by atoms with Crippen LogP contribution < -0.4 is 13.9 Å². The summed E-state index contributed by atoms with van der Waals surface area (Å²) in [6, 6.07) is 25.2. The molecule has 3 rings (SSSR count). The van der Waals surface area contributed by atoms with Gasteiger partial charge in [-0.1, -0.05) is 41.5 Å². The number of phenols is 1. The molecule has 0 spiro atoms. The van der Waals surface area contributed by atoms with Crippen molar-refractivity contribution >= 4 is 20.5 Å². The summed E-state index contributed by atoms with van der Waals surface area (Å²) in [5.74, 6) is 0.454. The van der Waals surface area contributed by atoms with Gasteiger partial charge >= 0.3 is 70.3 Å². The SMILES string of the molecule is O=C(N=Nc1ccccc1)NNc1ccccc1.Oc1cccc[c]1[Hg]. The van der Waals surface area contributed by atoms with E-state index in [1.165, 1.54) is 0 Å². The molecule has 0 heterocycles. The fourth-order valence-electron chi connectivity index (χ4n) is 1.78. The molecule has 26 heavy (non-hydrogen) atoms. The predicted molar refractivity (Wildman–Crippen MR) is 97.3 cm³/mol. The molecule has 0 aliphatic heterocycles. The molecule has 0 atom stereocenters. The van der Waals surface area contributed by atoms with Crippen LogP contribution in [0.3, 0.4) is 0 Å². The second-order valence-electron chi connectivity index (χ2n) is 5.09. The maximum atomic E-state index is 11.4. The number of para-hydroxylation sites is 2. The van der Waals surface area contributed by atoms with Crippen molar-refractivity contribution in [1.82, 2.24) is 5.43 Å². The van der Waals surface area contributed by atoms with Crippen LogP contribution in [0.4, 0.5) is 16.2 Å². The van der Waals surface area contributed by atoms with Crippen molar-refractivity contribution < 1.29 is 36.0 Å². The monoisotopic (exact) mass is 535 g/mol. The average molecular weight is 534 g/mol. The summed E-state index contributed by atoms with van der Waals surface area (Å²) in [7, 11) is 0. The van der Waals surface area contributed by atoms with E-state index in [4.69, 9.17) is 5.11 Å². The number of benzene rings is 3. The summed E-state index contributed by atoms with van der Waals surface area (Å²) in [5.41, 5.74) is 6.56. The Balaban J connectivity index is 0.000000254. The van der Waals surface area contributed by atoms with Crippen molar-refractivity contribution in [2.24, 2.45) is 10.2 Å². The van der Waals surface area contributed by atoms with Gasteiger partial charge in [-0.25, -0.2) is 10.2 Å². The number of nitrogens with zero attached hydrogens (tertiary/aromatic N) is 2. The van der Waals surface area contributed by atoms with Crippen molar-refractivity contribution in [2.45, 2.75) is 0 Å². The number of anilines is 1. The molecule has 2 amide bonds. The van der Waals surface area contributed by atoms with Gasteiger partial charge in [0.1, 0.15) is 0 Å². The molecule has 127 valence electrons. The summed E-state index contributed by atoms with van der Waals surface area (Å²) in [6.45, 7) is 0. The first kappa shape index (κ1) is 19.6. The number of urea groups is 1. The first-order chi connectivity index (χ1) is 12.6. The number of hydrogen-bond acceptors (Lipinski definition) is 4. The molecule has 0 aliphatic rings. The molecule has 0 bridgehead atoms. The van der Waals surface area contributed by atoms with E-state index in [9.17, 15) is 4.79 Å². The molecule has 0 fully saturated rings. The topological polar surface area (TPSA) is 86.1 Å². The van der Waals surface area contributed by atoms with E-state index in [2.05, 4.69) is 21.1 Å². The summed E-state index contributed by atoms with van der Waals surface area (Å²) < 4.78 is 1.12. The van der Waals surface area contributed by atoms with Crippen LogP contribution in [0.15, 0.2) is 95.2 Å². The number of phenolic OH excluding ortho intramolecular Hbond substituents is 1. The third-order valence-corrected chi connectivity index (χ3v) is 5.42. The Hall–Kier alpha value is -2.73. The Morgan fingerprint density at radius 2 is 1.42 bits per heavy atom. The summed E-state index contributed by atoms with van der Waals surface area (Å²) in [4.78, 5) is 11.4. The summed E-state index contributed by atoms with van der Waals surface area (Å²) in [5, 5.41) is 16.3. The third kappa shape index (κ3) is 7.44. The van der Waals surface area contributed by atoms with Gasteiger partial charge in [0.15, 0.2) is 0 Å². The molecule has 0 aromatic heterocycles. The molecule has 0 saturated heterocycles. The van der Waals surface area contributed by atoms with Crippen LogP contribution in [0, 0.1) is 0 Å². The summed E-state index contributed by atoms with van der Waals surface area (Å²) in [6.07, 6.45) is 0. The molecule has 0 saturated carbocycles. The van der Waals surface area contributed by atoms with E-state index in [0.29, 0.717) is 37.6 Å². The van der Waals surface area contributed by atoms with Crippen LogP contribution in [-0.2, 0) is 26.1 Å². The molecule has 0 aliphatic carbocycles. The van der Waals surface area contributed by atoms with E-state index in [1.54, 1.807) is 18.2 Å². The fraction of sp³-hybridized carbons (Fsp3) is 0. The fourth-order valence-corrected chi connectivity index (χ4v) is 2.77. The molecule has 3 aromatic carbocycles. The molecule has 3 aromatic rings. The van der Waals surface area contributed by atoms with Gasteiger partial charge in [-0.3, -0.25) is 5.43 Å². The van der Waals surface area contributed by atoms with Crippen LogP contribution in [0.1, 0.15) is 0 Å². The number of aromatic hydroxyl groups is 1. The Morgan fingerprint density at radius 3 is 2.00 bits per heavy atom. The van der Waals surface area contributed by atoms with Crippen molar-refractivity contribution in [3.8, 4) is 5.75 Å². The molecule has 3 N–H and O–H groups in total. The molecular formula is C19H17HgN4O2. The normalized spacial score (nSPS) is 9.92. The Labute approximate surface area is 167 Å². The number of hydrazine groups is 1. The molecule has 6 nitrogen and oxygen atoms in total. The second-order valence-corrected chi connectivity index (χ2v) is 8.05.